The van der Waals surface area contributed by atoms with Crippen molar-refractivity contribution < 1.29 is 4.74 Å². The molecule has 0 unspecified atom stereocenters. The predicted molar refractivity (Wildman–Crippen MR) is 66.1 cm³/mol. The van der Waals surface area contributed by atoms with Crippen LogP contribution < -0.4 is 4.90 Å². The molecule has 2 heterocycles. The van der Waals surface area contributed by atoms with Gasteiger partial charge in [0.15, 0.2) is 0 Å². The number of nitrogens with zero attached hydrogens (tertiary/aromatic N) is 2. The van der Waals surface area contributed by atoms with E-state index in [1.165, 1.54) is 0 Å². The topological polar surface area (TPSA) is 25.4 Å². The van der Waals surface area contributed by atoms with Crippen molar-refractivity contribution in [2.75, 3.05) is 31.7 Å². The Hall–Kier alpha value is -0.800. The smallest absolute Gasteiger partial charge is 0.128 e. The monoisotopic (exact) mass is 240 g/mol. The zero-order valence-electron chi connectivity index (χ0n) is 9.53. The van der Waals surface area contributed by atoms with Crippen molar-refractivity contribution in [3.63, 3.8) is 0 Å². The zero-order chi connectivity index (χ0) is 11.4. The van der Waals surface area contributed by atoms with Gasteiger partial charge in [-0.3, -0.25) is 0 Å². The van der Waals surface area contributed by atoms with Gasteiger partial charge < -0.3 is 9.64 Å². The largest absolute Gasteiger partial charge is 0.381 e. The molecule has 0 radical (unpaired) electrons. The van der Waals surface area contributed by atoms with Crippen LogP contribution in [0.15, 0.2) is 18.3 Å². The molecule has 0 bridgehead atoms. The van der Waals surface area contributed by atoms with Crippen LogP contribution in [0.4, 0.5) is 5.82 Å². The Balaban J connectivity index is 1.91. The van der Waals surface area contributed by atoms with E-state index in [1.54, 1.807) is 6.20 Å². The summed E-state index contributed by atoms with van der Waals surface area (Å²) in [7, 11) is 2.08. The van der Waals surface area contributed by atoms with Crippen LogP contribution in [0.2, 0.25) is 5.02 Å². The summed E-state index contributed by atoms with van der Waals surface area (Å²) < 4.78 is 5.35. The summed E-state index contributed by atoms with van der Waals surface area (Å²) in [6.45, 7) is 2.83. The second-order valence-corrected chi connectivity index (χ2v) is 4.71. The maximum Gasteiger partial charge on any atom is 0.128 e. The fraction of sp³-hybridized carbons (Fsp3) is 0.583. The lowest BCUT2D eigenvalue weighted by atomic mass is 10.00. The first kappa shape index (κ1) is 11.7. The zero-order valence-corrected chi connectivity index (χ0v) is 10.3. The Bertz CT molecular complexity index is 322. The van der Waals surface area contributed by atoms with Crippen molar-refractivity contribution in [3.8, 4) is 0 Å². The van der Waals surface area contributed by atoms with Crippen molar-refractivity contribution in [2.24, 2.45) is 5.92 Å². The van der Waals surface area contributed by atoms with Gasteiger partial charge >= 0.3 is 0 Å². The molecule has 1 fully saturated rings. The third-order valence-electron chi connectivity index (χ3n) is 2.98. The first-order valence-corrected chi connectivity index (χ1v) is 6.04. The summed E-state index contributed by atoms with van der Waals surface area (Å²) in [5.41, 5.74) is 0. The lowest BCUT2D eigenvalue weighted by Crippen LogP contribution is -2.29. The highest BCUT2D eigenvalue weighted by Crippen LogP contribution is 2.19. The lowest BCUT2D eigenvalue weighted by Gasteiger charge is -2.27. The molecule has 0 atom stereocenters. The number of anilines is 1. The van der Waals surface area contributed by atoms with E-state index in [0.717, 1.165) is 44.3 Å². The van der Waals surface area contributed by atoms with Gasteiger partial charge in [-0.1, -0.05) is 11.6 Å². The van der Waals surface area contributed by atoms with Gasteiger partial charge in [0.2, 0.25) is 0 Å². The maximum absolute atomic E-state index is 5.81. The molecule has 0 spiro atoms. The highest BCUT2D eigenvalue weighted by Gasteiger charge is 2.16. The molecule has 0 N–H and O–H groups in total. The Labute approximate surface area is 101 Å². The van der Waals surface area contributed by atoms with Gasteiger partial charge in [0.25, 0.3) is 0 Å². The summed E-state index contributed by atoms with van der Waals surface area (Å²) in [4.78, 5) is 6.49. The quantitative estimate of drug-likeness (QED) is 0.812. The van der Waals surface area contributed by atoms with Crippen LogP contribution in [-0.4, -0.2) is 31.8 Å². The summed E-state index contributed by atoms with van der Waals surface area (Å²) in [6, 6.07) is 3.84. The summed E-state index contributed by atoms with van der Waals surface area (Å²) in [5.74, 6) is 1.70. The third-order valence-corrected chi connectivity index (χ3v) is 3.20. The minimum atomic E-state index is 0.684. The fourth-order valence-electron chi connectivity index (χ4n) is 2.00. The molecular formula is C12H17ClN2O. The van der Waals surface area contributed by atoms with E-state index in [-0.39, 0.29) is 0 Å². The predicted octanol–water partition coefficient (Wildman–Crippen LogP) is 2.60. The molecule has 0 saturated carbocycles. The molecular weight excluding hydrogens is 224 g/mol. The minimum absolute atomic E-state index is 0.684. The fourth-order valence-corrected chi connectivity index (χ4v) is 2.12. The van der Waals surface area contributed by atoms with Gasteiger partial charge in [-0.2, -0.15) is 0 Å². The number of aromatic nitrogens is 1. The van der Waals surface area contributed by atoms with Crippen LogP contribution in [0.1, 0.15) is 12.8 Å². The number of hydrogen-bond acceptors (Lipinski definition) is 3. The summed E-state index contributed by atoms with van der Waals surface area (Å²) in [6.07, 6.45) is 3.99. The van der Waals surface area contributed by atoms with E-state index in [0.29, 0.717) is 5.02 Å². The van der Waals surface area contributed by atoms with Crippen molar-refractivity contribution in [1.29, 1.82) is 0 Å². The first-order valence-electron chi connectivity index (χ1n) is 5.66. The van der Waals surface area contributed by atoms with Gasteiger partial charge in [0, 0.05) is 33.0 Å². The Morgan fingerprint density at radius 2 is 2.19 bits per heavy atom. The molecule has 3 nitrogen and oxygen atoms in total. The average molecular weight is 241 g/mol. The van der Waals surface area contributed by atoms with Crippen molar-refractivity contribution >= 4 is 17.4 Å². The summed E-state index contributed by atoms with van der Waals surface area (Å²) >= 11 is 5.81. The molecule has 1 aliphatic rings. The Morgan fingerprint density at radius 3 is 2.81 bits per heavy atom. The number of ether oxygens (including phenoxy) is 1. The van der Waals surface area contributed by atoms with Crippen LogP contribution in [0.3, 0.4) is 0 Å². The van der Waals surface area contributed by atoms with E-state index in [4.69, 9.17) is 16.3 Å². The van der Waals surface area contributed by atoms with Crippen LogP contribution >= 0.6 is 11.6 Å². The van der Waals surface area contributed by atoms with Gasteiger partial charge in [0.05, 0.1) is 5.02 Å². The van der Waals surface area contributed by atoms with Crippen molar-refractivity contribution in [1.82, 2.24) is 4.98 Å². The van der Waals surface area contributed by atoms with Crippen molar-refractivity contribution in [2.45, 2.75) is 12.8 Å². The van der Waals surface area contributed by atoms with Gasteiger partial charge in [-0.15, -0.1) is 0 Å². The second-order valence-electron chi connectivity index (χ2n) is 4.27. The standard InChI is InChI=1S/C12H17ClN2O/c1-15(9-10-4-6-16-7-5-10)12-3-2-11(13)8-14-12/h2-3,8,10H,4-7,9H2,1H3. The maximum atomic E-state index is 5.81. The van der Waals surface area contributed by atoms with Gasteiger partial charge in [-0.05, 0) is 30.9 Å². The third kappa shape index (κ3) is 3.09. The Kier molecular flexibility index (Phi) is 4.02. The van der Waals surface area contributed by atoms with E-state index in [9.17, 15) is 0 Å². The van der Waals surface area contributed by atoms with E-state index in [2.05, 4.69) is 16.9 Å². The molecule has 0 amide bonds. The minimum Gasteiger partial charge on any atom is -0.381 e. The molecule has 1 aliphatic heterocycles. The average Bonchev–Trinajstić information content (AvgIpc) is 2.31. The molecule has 4 heteroatoms. The van der Waals surface area contributed by atoms with Crippen LogP contribution in [0, 0.1) is 5.92 Å². The highest BCUT2D eigenvalue weighted by atomic mass is 35.5. The SMILES string of the molecule is CN(CC1CCOCC1)c1ccc(Cl)cn1. The lowest BCUT2D eigenvalue weighted by molar-refractivity contribution is 0.0685. The van der Waals surface area contributed by atoms with E-state index >= 15 is 0 Å². The van der Waals surface area contributed by atoms with Gasteiger partial charge in [-0.25, -0.2) is 4.98 Å². The molecule has 0 aromatic carbocycles. The van der Waals surface area contributed by atoms with Crippen LogP contribution in [-0.2, 0) is 4.74 Å². The normalized spacial score (nSPS) is 17.4. The molecule has 2 rings (SSSR count). The number of rotatable bonds is 3. The highest BCUT2D eigenvalue weighted by molar-refractivity contribution is 6.30. The van der Waals surface area contributed by atoms with Gasteiger partial charge in [0.1, 0.15) is 5.82 Å². The van der Waals surface area contributed by atoms with Crippen LogP contribution in [0.25, 0.3) is 0 Å². The molecule has 88 valence electrons. The molecule has 0 aliphatic carbocycles. The molecule has 1 saturated heterocycles. The molecule has 16 heavy (non-hydrogen) atoms. The number of halogens is 1. The molecule has 1 aromatic heterocycles. The van der Waals surface area contributed by atoms with Crippen LogP contribution in [0.5, 0.6) is 0 Å². The number of pyridine rings is 1. The number of hydrogen-bond donors (Lipinski definition) is 0. The second kappa shape index (κ2) is 5.51. The Morgan fingerprint density at radius 1 is 1.44 bits per heavy atom. The first-order chi connectivity index (χ1) is 7.75. The summed E-state index contributed by atoms with van der Waals surface area (Å²) in [5, 5.41) is 0.684. The van der Waals surface area contributed by atoms with E-state index < -0.39 is 0 Å². The van der Waals surface area contributed by atoms with E-state index in [1.807, 2.05) is 12.1 Å². The molecule has 1 aromatic rings. The van der Waals surface area contributed by atoms with Crippen molar-refractivity contribution in [3.05, 3.63) is 23.4 Å².